The summed E-state index contributed by atoms with van der Waals surface area (Å²) in [6.45, 7) is -0.342. The minimum atomic E-state index is -0.924. The lowest BCUT2D eigenvalue weighted by molar-refractivity contribution is 0.0536. The summed E-state index contributed by atoms with van der Waals surface area (Å²) >= 11 is 0. The monoisotopic (exact) mass is 403 g/mol. The summed E-state index contributed by atoms with van der Waals surface area (Å²) in [7, 11) is 0. The van der Waals surface area contributed by atoms with Gasteiger partial charge in [-0.2, -0.15) is 0 Å². The molecule has 1 aliphatic carbocycles. The molecule has 0 spiro atoms. The number of nitrogens with two attached hydrogens (primary N) is 1. The fourth-order valence-electron chi connectivity index (χ4n) is 3.85. The van der Waals surface area contributed by atoms with Crippen LogP contribution in [0.25, 0.3) is 0 Å². The molecule has 1 atom stereocenters. The van der Waals surface area contributed by atoms with E-state index in [-0.39, 0.29) is 19.0 Å². The van der Waals surface area contributed by atoms with Crippen LogP contribution in [0.5, 0.6) is 5.75 Å². The van der Waals surface area contributed by atoms with E-state index in [2.05, 4.69) is 6.07 Å². The lowest BCUT2D eigenvalue weighted by atomic mass is 9.95. The predicted molar refractivity (Wildman–Crippen MR) is 116 cm³/mol. The van der Waals surface area contributed by atoms with Crippen molar-refractivity contribution in [2.75, 3.05) is 18.9 Å². The predicted octanol–water partition coefficient (Wildman–Crippen LogP) is 2.92. The van der Waals surface area contributed by atoms with Gasteiger partial charge in [0.05, 0.1) is 6.61 Å². The smallest absolute Gasteiger partial charge is 0.193 e. The number of benzene rings is 3. The Morgan fingerprint density at radius 1 is 0.967 bits per heavy atom. The Bertz CT molecular complexity index is 1080. The fraction of sp³-hybridized carbons (Fsp3) is 0.240. The molecule has 0 fully saturated rings. The molecular weight excluding hydrogens is 378 g/mol. The third-order valence-corrected chi connectivity index (χ3v) is 5.50. The van der Waals surface area contributed by atoms with Crippen LogP contribution >= 0.6 is 0 Å². The number of aliphatic hydroxyl groups is 2. The number of ether oxygens (including phenoxy) is 1. The highest BCUT2D eigenvalue weighted by molar-refractivity contribution is 6.11. The maximum absolute atomic E-state index is 13.1. The molecule has 3 aromatic carbocycles. The maximum Gasteiger partial charge on any atom is 0.193 e. The second kappa shape index (κ2) is 8.69. The third-order valence-electron chi connectivity index (χ3n) is 5.50. The summed E-state index contributed by atoms with van der Waals surface area (Å²) in [5, 5.41) is 18.4. The van der Waals surface area contributed by atoms with Crippen molar-refractivity contribution in [1.82, 2.24) is 0 Å². The number of nitrogen functional groups attached to an aromatic ring is 1. The van der Waals surface area contributed by atoms with Crippen LogP contribution in [0.1, 0.15) is 38.2 Å². The zero-order chi connectivity index (χ0) is 21.1. The van der Waals surface area contributed by atoms with Crippen molar-refractivity contribution in [1.29, 1.82) is 0 Å². The lowest BCUT2D eigenvalue weighted by Crippen LogP contribution is -2.21. The maximum atomic E-state index is 13.1. The van der Waals surface area contributed by atoms with E-state index in [1.807, 2.05) is 42.5 Å². The van der Waals surface area contributed by atoms with Gasteiger partial charge in [-0.3, -0.25) is 4.79 Å². The van der Waals surface area contributed by atoms with Gasteiger partial charge in [0.15, 0.2) is 5.78 Å². The average Bonchev–Trinajstić information content (AvgIpc) is 2.90. The Morgan fingerprint density at radius 2 is 1.67 bits per heavy atom. The van der Waals surface area contributed by atoms with Gasteiger partial charge in [0.2, 0.25) is 0 Å². The van der Waals surface area contributed by atoms with Crippen molar-refractivity contribution in [3.63, 3.8) is 0 Å². The van der Waals surface area contributed by atoms with E-state index in [0.29, 0.717) is 11.3 Å². The van der Waals surface area contributed by atoms with Crippen LogP contribution < -0.4 is 10.5 Å². The SMILES string of the molecule is Nc1ccccc1Cc1ccc2c(c1)CCc1cc(OCC(O)CO)ccc1C2=O. The number of hydrogen-bond donors (Lipinski definition) is 3. The topological polar surface area (TPSA) is 92.8 Å². The van der Waals surface area contributed by atoms with E-state index in [1.54, 1.807) is 12.1 Å². The van der Waals surface area contributed by atoms with Crippen molar-refractivity contribution in [3.05, 3.63) is 94.0 Å². The van der Waals surface area contributed by atoms with Gasteiger partial charge in [0.1, 0.15) is 18.5 Å². The molecule has 0 aliphatic heterocycles. The molecular formula is C25H25NO4. The van der Waals surface area contributed by atoms with Gasteiger partial charge >= 0.3 is 0 Å². The van der Waals surface area contributed by atoms with Crippen LogP contribution in [0.2, 0.25) is 0 Å². The highest BCUT2D eigenvalue weighted by Crippen LogP contribution is 2.29. The van der Waals surface area contributed by atoms with Crippen molar-refractivity contribution < 1.29 is 19.7 Å². The van der Waals surface area contributed by atoms with Crippen LogP contribution in [0.15, 0.2) is 60.7 Å². The van der Waals surface area contributed by atoms with Gasteiger partial charge in [-0.25, -0.2) is 0 Å². The Hall–Kier alpha value is -3.15. The quantitative estimate of drug-likeness (QED) is 0.551. The van der Waals surface area contributed by atoms with Crippen LogP contribution in [-0.4, -0.2) is 35.3 Å². The van der Waals surface area contributed by atoms with Gasteiger partial charge in [0, 0.05) is 16.8 Å². The van der Waals surface area contributed by atoms with E-state index in [4.69, 9.17) is 15.6 Å². The molecule has 1 aliphatic rings. The standard InChI is InChI=1S/C25H25NO4/c26-24-4-2-1-3-19(24)12-16-5-9-22-17(11-16)6-7-18-13-21(30-15-20(28)14-27)8-10-23(18)25(22)29/h1-5,8-11,13,20,27-28H,6-7,12,14-15,26H2. The number of carbonyl (C=O) groups is 1. The molecule has 5 nitrogen and oxygen atoms in total. The number of anilines is 1. The Balaban J connectivity index is 1.57. The summed E-state index contributed by atoms with van der Waals surface area (Å²) in [6.07, 6.45) is 1.29. The van der Waals surface area contributed by atoms with Gasteiger partial charge < -0.3 is 20.7 Å². The molecule has 0 bridgehead atoms. The van der Waals surface area contributed by atoms with Crippen LogP contribution in [-0.2, 0) is 19.3 Å². The summed E-state index contributed by atoms with van der Waals surface area (Å²) in [6, 6.07) is 19.2. The normalized spacial score (nSPS) is 13.9. The molecule has 0 radical (unpaired) electrons. The minimum Gasteiger partial charge on any atom is -0.491 e. The van der Waals surface area contributed by atoms with Crippen molar-refractivity contribution >= 4 is 11.5 Å². The Morgan fingerprint density at radius 3 is 2.40 bits per heavy atom. The second-order valence-corrected chi connectivity index (χ2v) is 7.66. The second-order valence-electron chi connectivity index (χ2n) is 7.66. The van der Waals surface area contributed by atoms with Gasteiger partial charge in [0.25, 0.3) is 0 Å². The van der Waals surface area contributed by atoms with Gasteiger partial charge in [-0.1, -0.05) is 36.4 Å². The summed E-state index contributed by atoms with van der Waals surface area (Å²) in [4.78, 5) is 13.1. The first kappa shape index (κ1) is 20.1. The average molecular weight is 403 g/mol. The molecule has 1 unspecified atom stereocenters. The molecule has 0 aromatic heterocycles. The number of carbonyl (C=O) groups excluding carboxylic acids is 1. The number of aryl methyl sites for hydroxylation is 2. The molecule has 0 heterocycles. The van der Waals surface area contributed by atoms with E-state index in [1.165, 1.54) is 0 Å². The Labute approximate surface area is 175 Å². The number of rotatable bonds is 6. The van der Waals surface area contributed by atoms with E-state index < -0.39 is 6.10 Å². The van der Waals surface area contributed by atoms with E-state index in [0.717, 1.165) is 52.8 Å². The number of fused-ring (bicyclic) bond motifs is 2. The summed E-state index contributed by atoms with van der Waals surface area (Å²) in [5.74, 6) is 0.602. The number of para-hydroxylation sites is 1. The number of hydrogen-bond acceptors (Lipinski definition) is 5. The largest absolute Gasteiger partial charge is 0.491 e. The van der Waals surface area contributed by atoms with Crippen LogP contribution in [0, 0.1) is 0 Å². The minimum absolute atomic E-state index is 0.00936. The van der Waals surface area contributed by atoms with Crippen LogP contribution in [0.3, 0.4) is 0 Å². The highest BCUT2D eigenvalue weighted by Gasteiger charge is 2.22. The number of ketones is 1. The molecule has 154 valence electrons. The first-order valence-electron chi connectivity index (χ1n) is 10.1. The molecule has 0 saturated carbocycles. The number of aliphatic hydroxyl groups excluding tert-OH is 2. The first-order valence-corrected chi connectivity index (χ1v) is 10.1. The van der Waals surface area contributed by atoms with Crippen molar-refractivity contribution in [2.45, 2.75) is 25.4 Å². The zero-order valence-corrected chi connectivity index (χ0v) is 16.7. The lowest BCUT2D eigenvalue weighted by Gasteiger charge is -2.12. The Kier molecular flexibility index (Phi) is 5.84. The summed E-state index contributed by atoms with van der Waals surface area (Å²) in [5.41, 5.74) is 12.5. The van der Waals surface area contributed by atoms with Crippen LogP contribution in [0.4, 0.5) is 5.69 Å². The molecule has 3 aromatic rings. The van der Waals surface area contributed by atoms with Crippen molar-refractivity contribution in [2.24, 2.45) is 0 Å². The summed E-state index contributed by atoms with van der Waals surface area (Å²) < 4.78 is 5.54. The molecule has 0 saturated heterocycles. The zero-order valence-electron chi connectivity index (χ0n) is 16.7. The fourth-order valence-corrected chi connectivity index (χ4v) is 3.85. The first-order chi connectivity index (χ1) is 14.5. The molecule has 4 N–H and O–H groups in total. The molecule has 5 heteroatoms. The van der Waals surface area contributed by atoms with Gasteiger partial charge in [-0.05, 0) is 65.8 Å². The third kappa shape index (κ3) is 4.22. The van der Waals surface area contributed by atoms with Crippen molar-refractivity contribution in [3.8, 4) is 5.75 Å². The van der Waals surface area contributed by atoms with Gasteiger partial charge in [-0.15, -0.1) is 0 Å². The molecule has 0 amide bonds. The molecule has 4 rings (SSSR count). The van der Waals surface area contributed by atoms with E-state index >= 15 is 0 Å². The molecule has 30 heavy (non-hydrogen) atoms. The van der Waals surface area contributed by atoms with E-state index in [9.17, 15) is 9.90 Å². The highest BCUT2D eigenvalue weighted by atomic mass is 16.5.